The van der Waals surface area contributed by atoms with E-state index < -0.39 is 36.0 Å². The molecule has 0 spiro atoms. The Balaban J connectivity index is 2.08. The Morgan fingerprint density at radius 3 is 2.47 bits per heavy atom. The van der Waals surface area contributed by atoms with Crippen LogP contribution in [0.2, 0.25) is 0 Å². The summed E-state index contributed by atoms with van der Waals surface area (Å²) in [6, 6.07) is 6.81. The monoisotopic (exact) mass is 419 g/mol. The molecule has 3 N–H and O–H groups in total. The van der Waals surface area contributed by atoms with Crippen LogP contribution in [-0.4, -0.2) is 64.2 Å². The van der Waals surface area contributed by atoms with Crippen LogP contribution in [0.5, 0.6) is 0 Å². The van der Waals surface area contributed by atoms with Crippen LogP contribution in [0, 0.1) is 4.91 Å². The van der Waals surface area contributed by atoms with Crippen LogP contribution in [-0.2, 0) is 20.8 Å². The van der Waals surface area contributed by atoms with E-state index >= 15 is 0 Å². The van der Waals surface area contributed by atoms with E-state index in [1.54, 1.807) is 0 Å². The Kier molecular flexibility index (Phi) is 9.40. The van der Waals surface area contributed by atoms with Crippen molar-refractivity contribution in [3.05, 3.63) is 40.8 Å². The zero-order chi connectivity index (χ0) is 21.9. The standard InChI is InChI=1S/C21H29N3O6/c25-19(24-14-6-10-18(24)21(28)29)16(9-4-5-13-22-30)23-17(20(26)27)12-11-15-7-2-1-3-8-15/h1-3,7-8,16-18,23H,4-6,9-14H2,(H,26,27)(H,28,29)/t16-,17-,18-/m0/s1. The molecule has 0 aromatic heterocycles. The fraction of sp³-hybridized carbons (Fsp3) is 0.571. The third-order valence-electron chi connectivity index (χ3n) is 5.38. The Morgan fingerprint density at radius 2 is 1.83 bits per heavy atom. The number of unbranched alkanes of at least 4 members (excludes halogenated alkanes) is 1. The van der Waals surface area contributed by atoms with Gasteiger partial charge >= 0.3 is 11.9 Å². The number of nitroso groups, excluding NO2 is 1. The van der Waals surface area contributed by atoms with E-state index in [9.17, 15) is 29.5 Å². The van der Waals surface area contributed by atoms with Crippen LogP contribution in [0.25, 0.3) is 0 Å². The second kappa shape index (κ2) is 12.0. The van der Waals surface area contributed by atoms with Gasteiger partial charge in [-0.05, 0) is 50.5 Å². The van der Waals surface area contributed by atoms with E-state index in [-0.39, 0.29) is 6.54 Å². The summed E-state index contributed by atoms with van der Waals surface area (Å²) in [5.74, 6) is -2.51. The quantitative estimate of drug-likeness (QED) is 0.329. The van der Waals surface area contributed by atoms with Crippen LogP contribution in [0.1, 0.15) is 44.1 Å². The largest absolute Gasteiger partial charge is 0.480 e. The molecule has 3 atom stereocenters. The molecule has 9 nitrogen and oxygen atoms in total. The Hall–Kier alpha value is -2.81. The summed E-state index contributed by atoms with van der Waals surface area (Å²) < 4.78 is 0. The van der Waals surface area contributed by atoms with Crippen LogP contribution in [0.15, 0.2) is 35.5 Å². The van der Waals surface area contributed by atoms with Crippen molar-refractivity contribution < 1.29 is 24.6 Å². The van der Waals surface area contributed by atoms with E-state index in [0.717, 1.165) is 5.56 Å². The molecule has 1 saturated heterocycles. The second-order valence-electron chi connectivity index (χ2n) is 7.51. The Bertz CT molecular complexity index is 727. The van der Waals surface area contributed by atoms with E-state index in [1.165, 1.54) is 4.90 Å². The number of carbonyl (C=O) groups is 3. The van der Waals surface area contributed by atoms with Crippen molar-refractivity contribution in [1.29, 1.82) is 0 Å². The molecule has 1 aliphatic rings. The zero-order valence-corrected chi connectivity index (χ0v) is 16.9. The molecule has 1 aromatic carbocycles. The van der Waals surface area contributed by atoms with Gasteiger partial charge in [-0.25, -0.2) is 4.79 Å². The van der Waals surface area contributed by atoms with Crippen LogP contribution in [0.4, 0.5) is 0 Å². The highest BCUT2D eigenvalue weighted by Crippen LogP contribution is 2.20. The van der Waals surface area contributed by atoms with Gasteiger partial charge < -0.3 is 15.1 Å². The molecule has 2 rings (SSSR count). The summed E-state index contributed by atoms with van der Waals surface area (Å²) in [7, 11) is 0. The molecule has 1 aromatic rings. The van der Waals surface area contributed by atoms with Gasteiger partial charge in [0.1, 0.15) is 12.1 Å². The number of likely N-dealkylation sites (tertiary alicyclic amines) is 1. The summed E-state index contributed by atoms with van der Waals surface area (Å²) in [5.41, 5.74) is 0.996. The number of nitrogens with one attached hydrogen (secondary N) is 1. The molecule has 1 amide bonds. The number of aliphatic carboxylic acids is 2. The van der Waals surface area contributed by atoms with Crippen LogP contribution >= 0.6 is 0 Å². The summed E-state index contributed by atoms with van der Waals surface area (Å²) in [6.45, 7) is 0.463. The first-order valence-electron chi connectivity index (χ1n) is 10.3. The van der Waals surface area contributed by atoms with E-state index in [2.05, 4.69) is 10.5 Å². The second-order valence-corrected chi connectivity index (χ2v) is 7.51. The van der Waals surface area contributed by atoms with Gasteiger partial charge in [-0.15, -0.1) is 0 Å². The van der Waals surface area contributed by atoms with Crippen LogP contribution in [0.3, 0.4) is 0 Å². The minimum Gasteiger partial charge on any atom is -0.480 e. The van der Waals surface area contributed by atoms with Gasteiger partial charge in [-0.1, -0.05) is 35.5 Å². The summed E-state index contributed by atoms with van der Waals surface area (Å²) in [4.78, 5) is 48.0. The molecule has 1 heterocycles. The number of nitrogens with zero attached hydrogens (tertiary/aromatic N) is 2. The lowest BCUT2D eigenvalue weighted by Crippen LogP contribution is -2.54. The summed E-state index contributed by atoms with van der Waals surface area (Å²) in [6.07, 6.45) is 3.11. The molecule has 0 radical (unpaired) electrons. The van der Waals surface area contributed by atoms with Gasteiger partial charge in [-0.3, -0.25) is 14.9 Å². The molecule has 1 aliphatic heterocycles. The molecule has 30 heavy (non-hydrogen) atoms. The highest BCUT2D eigenvalue weighted by molar-refractivity contribution is 5.88. The molecule has 0 unspecified atom stereocenters. The number of rotatable bonds is 13. The average Bonchev–Trinajstić information content (AvgIpc) is 3.23. The number of hydrogen-bond acceptors (Lipinski definition) is 6. The van der Waals surface area contributed by atoms with Gasteiger partial charge in [0.15, 0.2) is 0 Å². The predicted molar refractivity (Wildman–Crippen MR) is 110 cm³/mol. The first-order valence-corrected chi connectivity index (χ1v) is 10.3. The van der Waals surface area contributed by atoms with Crippen molar-refractivity contribution >= 4 is 17.8 Å². The molecule has 0 saturated carbocycles. The lowest BCUT2D eigenvalue weighted by Gasteiger charge is -2.29. The van der Waals surface area contributed by atoms with Crippen molar-refractivity contribution in [3.63, 3.8) is 0 Å². The Labute approximate surface area is 175 Å². The maximum Gasteiger partial charge on any atom is 0.326 e. The number of carboxylic acid groups (broad SMARTS) is 2. The normalized spacial score (nSPS) is 18.0. The third kappa shape index (κ3) is 6.91. The third-order valence-corrected chi connectivity index (χ3v) is 5.38. The first-order chi connectivity index (χ1) is 14.4. The van der Waals surface area contributed by atoms with Crippen molar-refractivity contribution in [2.24, 2.45) is 5.18 Å². The van der Waals surface area contributed by atoms with Crippen molar-refractivity contribution in [2.45, 2.75) is 63.1 Å². The number of amides is 1. The van der Waals surface area contributed by atoms with Gasteiger partial charge in [0.05, 0.1) is 12.6 Å². The van der Waals surface area contributed by atoms with Gasteiger partial charge in [0.2, 0.25) is 5.91 Å². The number of carbonyl (C=O) groups excluding carboxylic acids is 1. The minimum atomic E-state index is -1.06. The smallest absolute Gasteiger partial charge is 0.326 e. The summed E-state index contributed by atoms with van der Waals surface area (Å²) in [5, 5.41) is 24.8. The molecule has 0 aliphatic carbocycles. The van der Waals surface area contributed by atoms with Crippen LogP contribution < -0.4 is 5.32 Å². The lowest BCUT2D eigenvalue weighted by atomic mass is 10.0. The van der Waals surface area contributed by atoms with Crippen molar-refractivity contribution in [1.82, 2.24) is 10.2 Å². The van der Waals surface area contributed by atoms with Gasteiger partial charge in [0.25, 0.3) is 0 Å². The van der Waals surface area contributed by atoms with E-state index in [0.29, 0.717) is 51.5 Å². The fourth-order valence-electron chi connectivity index (χ4n) is 3.77. The van der Waals surface area contributed by atoms with E-state index in [4.69, 9.17) is 0 Å². The molecule has 9 heteroatoms. The molecule has 0 bridgehead atoms. The highest BCUT2D eigenvalue weighted by Gasteiger charge is 2.38. The molecule has 1 fully saturated rings. The SMILES string of the molecule is O=NCCCC[C@H](N[C@@H](CCc1ccccc1)C(=O)O)C(=O)N1CCC[C@H]1C(=O)O. The highest BCUT2D eigenvalue weighted by atomic mass is 16.4. The average molecular weight is 419 g/mol. The summed E-state index contributed by atoms with van der Waals surface area (Å²) >= 11 is 0. The number of hydrogen-bond donors (Lipinski definition) is 3. The van der Waals surface area contributed by atoms with E-state index in [1.807, 2.05) is 30.3 Å². The maximum absolute atomic E-state index is 13.1. The number of carboxylic acids is 2. The topological polar surface area (TPSA) is 136 Å². The number of benzene rings is 1. The van der Waals surface area contributed by atoms with Gasteiger partial charge in [-0.2, -0.15) is 4.91 Å². The predicted octanol–water partition coefficient (Wildman–Crippen LogP) is 2.04. The minimum absolute atomic E-state index is 0.124. The maximum atomic E-state index is 13.1. The zero-order valence-electron chi connectivity index (χ0n) is 16.9. The van der Waals surface area contributed by atoms with Crippen molar-refractivity contribution in [3.8, 4) is 0 Å². The molecular weight excluding hydrogens is 390 g/mol. The molecular formula is C21H29N3O6. The first kappa shape index (κ1) is 23.5. The Morgan fingerprint density at radius 1 is 1.10 bits per heavy atom. The van der Waals surface area contributed by atoms with Crippen molar-refractivity contribution in [2.75, 3.05) is 13.1 Å². The fourth-order valence-corrected chi connectivity index (χ4v) is 3.77. The molecule has 164 valence electrons. The lowest BCUT2D eigenvalue weighted by molar-refractivity contribution is -0.149. The number of aryl methyl sites for hydroxylation is 1. The van der Waals surface area contributed by atoms with Gasteiger partial charge in [0, 0.05) is 6.54 Å².